The molecule has 5 N–H and O–H groups in total. The number of carbonyl (C=O) groups excluding carboxylic acids is 2. The summed E-state index contributed by atoms with van der Waals surface area (Å²) in [5.41, 5.74) is 4.91. The van der Waals surface area contributed by atoms with Crippen molar-refractivity contribution >= 4 is 23.7 Å². The zero-order valence-corrected chi connectivity index (χ0v) is 23.6. The quantitative estimate of drug-likeness (QED) is 0.215. The molecule has 0 aromatic carbocycles. The summed E-state index contributed by atoms with van der Waals surface area (Å²) in [6, 6.07) is -0.484. The lowest BCUT2D eigenvalue weighted by Crippen LogP contribution is -2.49. The molecule has 2 aromatic rings. The van der Waals surface area contributed by atoms with E-state index in [-0.39, 0.29) is 35.3 Å². The number of nitrogens with zero attached hydrogens (tertiary/aromatic N) is 4. The molecule has 1 saturated carbocycles. The summed E-state index contributed by atoms with van der Waals surface area (Å²) in [4.78, 5) is 26.7. The van der Waals surface area contributed by atoms with Crippen molar-refractivity contribution in [1.82, 2.24) is 24.9 Å². The molecule has 0 aliphatic heterocycles. The van der Waals surface area contributed by atoms with Crippen LogP contribution in [-0.2, 0) is 4.79 Å². The number of nitrogens with two attached hydrogens (primary N) is 1. The lowest BCUT2D eigenvalue weighted by Gasteiger charge is -2.32. The highest BCUT2D eigenvalue weighted by atomic mass is 19.4. The van der Waals surface area contributed by atoms with Gasteiger partial charge in [0.05, 0.1) is 18.7 Å². The number of hydrogen-bond donors (Lipinski definition) is 4. The van der Waals surface area contributed by atoms with Gasteiger partial charge in [0.2, 0.25) is 5.91 Å². The lowest BCUT2D eigenvalue weighted by molar-refractivity contribution is -0.127. The summed E-state index contributed by atoms with van der Waals surface area (Å²) < 4.78 is 56.3. The van der Waals surface area contributed by atoms with E-state index in [9.17, 15) is 27.2 Å². The van der Waals surface area contributed by atoms with Gasteiger partial charge in [0, 0.05) is 29.7 Å². The molecule has 0 radical (unpaired) electrons. The molecule has 2 amide bonds. The molecule has 2 aromatic heterocycles. The molecule has 226 valence electrons. The highest BCUT2D eigenvalue weighted by Gasteiger charge is 2.35. The molecule has 0 bridgehead atoms. The Morgan fingerprint density at radius 2 is 1.90 bits per heavy atom. The second kappa shape index (κ2) is 13.3. The fourth-order valence-corrected chi connectivity index (χ4v) is 5.23. The minimum atomic E-state index is -4.59. The zero-order chi connectivity index (χ0) is 30.5. The van der Waals surface area contributed by atoms with Gasteiger partial charge in [0.15, 0.2) is 0 Å². The van der Waals surface area contributed by atoms with Crippen molar-refractivity contribution < 1.29 is 27.2 Å². The van der Waals surface area contributed by atoms with Gasteiger partial charge in [-0.1, -0.05) is 26.7 Å². The van der Waals surface area contributed by atoms with E-state index in [1.165, 1.54) is 6.20 Å². The summed E-state index contributed by atoms with van der Waals surface area (Å²) in [6.07, 6.45) is 0.606. The fraction of sp³-hybridized carbons (Fsp3) is 0.593. The smallest absolute Gasteiger partial charge is 0.394 e. The number of carbonyl (C=O) groups is 2. The van der Waals surface area contributed by atoms with Crippen LogP contribution >= 0.6 is 0 Å². The topological polar surface area (TPSA) is 144 Å². The molecule has 0 spiro atoms. The maximum absolute atomic E-state index is 15.0. The van der Waals surface area contributed by atoms with Gasteiger partial charge < -0.3 is 21.8 Å². The van der Waals surface area contributed by atoms with Gasteiger partial charge in [0.1, 0.15) is 17.4 Å². The van der Waals surface area contributed by atoms with Crippen molar-refractivity contribution in [3.05, 3.63) is 41.4 Å². The Kier molecular flexibility index (Phi) is 10.3. The van der Waals surface area contributed by atoms with Crippen molar-refractivity contribution in [1.29, 1.82) is 5.41 Å². The second-order valence-corrected chi connectivity index (χ2v) is 10.9. The molecular weight excluding hydrogens is 544 g/mol. The Hall–Kier alpha value is -3.71. The van der Waals surface area contributed by atoms with E-state index in [0.717, 1.165) is 23.7 Å². The van der Waals surface area contributed by atoms with Crippen LogP contribution in [0.1, 0.15) is 88.8 Å². The van der Waals surface area contributed by atoms with Gasteiger partial charge in [-0.05, 0) is 51.0 Å². The predicted octanol–water partition coefficient (Wildman–Crippen LogP) is 5.13. The number of nitrogens with one attached hydrogen (secondary N) is 3. The summed E-state index contributed by atoms with van der Waals surface area (Å²) in [5.74, 6) is -1.90. The van der Waals surface area contributed by atoms with Gasteiger partial charge >= 0.3 is 6.18 Å². The third-order valence-electron chi connectivity index (χ3n) is 7.42. The molecule has 10 nitrogen and oxygen atoms in total. The standard InChI is InChI=1S/C27H38F4N8O2/c1-5-21(18(13-32)19(33)12-27(29,30)31)38-14-20(24(28)37-38)35-26(41)23(17-8-6-16(4)7-9-17)36-25(40)22-10-11-34-39(22)15(2)3/h10-11,13-17,21,23,32H,5-9,12,33H2,1-4H3,(H,35,41)(H,36,40)/b19-18+,32-13?. The zero-order valence-electron chi connectivity index (χ0n) is 23.6. The number of anilines is 1. The normalized spacial score (nSPS) is 19.8. The Morgan fingerprint density at radius 3 is 2.46 bits per heavy atom. The molecule has 1 aliphatic rings. The van der Waals surface area contributed by atoms with E-state index < -0.39 is 48.1 Å². The van der Waals surface area contributed by atoms with E-state index in [2.05, 4.69) is 27.8 Å². The second-order valence-electron chi connectivity index (χ2n) is 10.9. The van der Waals surface area contributed by atoms with E-state index >= 15 is 0 Å². The lowest BCUT2D eigenvalue weighted by atomic mass is 9.79. The van der Waals surface area contributed by atoms with Crippen molar-refractivity contribution in [2.45, 2.75) is 90.5 Å². The van der Waals surface area contributed by atoms with E-state index in [1.54, 1.807) is 17.7 Å². The summed E-state index contributed by atoms with van der Waals surface area (Å²) in [7, 11) is 0. The van der Waals surface area contributed by atoms with Crippen LogP contribution in [0.25, 0.3) is 0 Å². The third kappa shape index (κ3) is 7.94. The Morgan fingerprint density at radius 1 is 1.24 bits per heavy atom. The van der Waals surface area contributed by atoms with Crippen molar-refractivity contribution in [3.63, 3.8) is 0 Å². The first kappa shape index (κ1) is 31.8. The van der Waals surface area contributed by atoms with Crippen LogP contribution < -0.4 is 16.4 Å². The molecule has 2 atom stereocenters. The van der Waals surface area contributed by atoms with Gasteiger partial charge in [-0.3, -0.25) is 19.0 Å². The molecule has 41 heavy (non-hydrogen) atoms. The fourth-order valence-electron chi connectivity index (χ4n) is 5.23. The summed E-state index contributed by atoms with van der Waals surface area (Å²) in [5, 5.41) is 20.9. The molecule has 2 unspecified atom stereocenters. The van der Waals surface area contributed by atoms with E-state index in [1.807, 2.05) is 13.8 Å². The number of halogens is 4. The summed E-state index contributed by atoms with van der Waals surface area (Å²) in [6.45, 7) is 7.49. The minimum absolute atomic E-state index is 0.0925. The summed E-state index contributed by atoms with van der Waals surface area (Å²) >= 11 is 0. The Labute approximate surface area is 236 Å². The van der Waals surface area contributed by atoms with Crippen molar-refractivity contribution in [3.8, 4) is 0 Å². The highest BCUT2D eigenvalue weighted by Crippen LogP contribution is 2.32. The van der Waals surface area contributed by atoms with Crippen LogP contribution in [0.3, 0.4) is 0 Å². The van der Waals surface area contributed by atoms with E-state index in [0.29, 0.717) is 25.0 Å². The van der Waals surface area contributed by atoms with Crippen molar-refractivity contribution in [2.24, 2.45) is 17.6 Å². The Balaban J connectivity index is 1.87. The average molecular weight is 583 g/mol. The Bertz CT molecular complexity index is 1260. The van der Waals surface area contributed by atoms with Gasteiger partial charge in [-0.2, -0.15) is 22.7 Å². The van der Waals surface area contributed by atoms with Gasteiger partial charge in [-0.15, -0.1) is 5.10 Å². The number of rotatable bonds is 11. The molecule has 2 heterocycles. The van der Waals surface area contributed by atoms with Crippen LogP contribution in [0, 0.1) is 23.2 Å². The predicted molar refractivity (Wildman–Crippen MR) is 146 cm³/mol. The third-order valence-corrected chi connectivity index (χ3v) is 7.42. The average Bonchev–Trinajstić information content (AvgIpc) is 3.52. The molecular formula is C27H38F4N8O2. The van der Waals surface area contributed by atoms with Crippen LogP contribution in [0.5, 0.6) is 0 Å². The molecule has 0 saturated heterocycles. The van der Waals surface area contributed by atoms with Crippen LogP contribution in [0.4, 0.5) is 23.2 Å². The van der Waals surface area contributed by atoms with Crippen LogP contribution in [0.15, 0.2) is 29.7 Å². The SMILES string of the molecule is CCC(/C(C=N)=C(/N)CC(F)(F)F)n1cc(NC(=O)C(NC(=O)c2ccnn2C(C)C)C2CCC(C)CC2)c(F)n1. The number of amides is 2. The number of allylic oxidation sites excluding steroid dienone is 2. The van der Waals surface area contributed by atoms with Gasteiger partial charge in [0.25, 0.3) is 11.9 Å². The molecule has 1 aliphatic carbocycles. The first-order chi connectivity index (χ1) is 19.2. The maximum Gasteiger partial charge on any atom is 0.394 e. The first-order valence-corrected chi connectivity index (χ1v) is 13.7. The highest BCUT2D eigenvalue weighted by molar-refractivity contribution is 6.00. The minimum Gasteiger partial charge on any atom is -0.401 e. The van der Waals surface area contributed by atoms with Gasteiger partial charge in [-0.25, -0.2) is 0 Å². The van der Waals surface area contributed by atoms with Crippen molar-refractivity contribution in [2.75, 3.05) is 5.32 Å². The maximum atomic E-state index is 15.0. The van der Waals surface area contributed by atoms with Crippen LogP contribution in [0.2, 0.25) is 0 Å². The van der Waals surface area contributed by atoms with Crippen LogP contribution in [-0.4, -0.2) is 49.8 Å². The monoisotopic (exact) mass is 582 g/mol. The largest absolute Gasteiger partial charge is 0.401 e. The molecule has 14 heteroatoms. The van der Waals surface area contributed by atoms with E-state index in [4.69, 9.17) is 11.1 Å². The number of aromatic nitrogens is 4. The number of alkyl halides is 3. The first-order valence-electron chi connectivity index (χ1n) is 13.7. The number of hydrogen-bond acceptors (Lipinski definition) is 6. The molecule has 3 rings (SSSR count). The molecule has 1 fully saturated rings.